The van der Waals surface area contributed by atoms with Crippen LogP contribution in [0.5, 0.6) is 0 Å². The van der Waals surface area contributed by atoms with Gasteiger partial charge in [0.15, 0.2) is 0 Å². The Kier molecular flexibility index (Phi) is 2.54. The van der Waals surface area contributed by atoms with Gasteiger partial charge >= 0.3 is 0 Å². The fraction of sp³-hybridized carbons (Fsp3) is 0.583. The number of rotatable bonds is 3. The molecule has 0 amide bonds. The first-order valence-electron chi connectivity index (χ1n) is 5.24. The third kappa shape index (κ3) is 1.37. The normalized spacial score (nSPS) is 37.3. The number of hydrogen-bond donors (Lipinski definition) is 0. The van der Waals surface area contributed by atoms with Gasteiger partial charge in [0.1, 0.15) is 11.2 Å². The third-order valence-electron chi connectivity index (χ3n) is 3.30. The van der Waals surface area contributed by atoms with E-state index in [1.54, 1.807) is 7.11 Å². The monoisotopic (exact) mass is 205 g/mol. The Morgan fingerprint density at radius 2 is 2.47 bits per heavy atom. The largest absolute Gasteiger partial charge is 0.497 e. The topological polar surface area (TPSA) is 42.2 Å². The molecule has 3 atom stereocenters. The van der Waals surface area contributed by atoms with E-state index in [1.807, 2.05) is 25.2 Å². The second-order valence-electron chi connectivity index (χ2n) is 3.94. The lowest BCUT2D eigenvalue weighted by atomic mass is 9.57. The highest BCUT2D eigenvalue weighted by Crippen LogP contribution is 2.52. The fourth-order valence-electron chi connectivity index (χ4n) is 2.35. The van der Waals surface area contributed by atoms with Crippen LogP contribution in [-0.4, -0.2) is 19.8 Å². The predicted molar refractivity (Wildman–Crippen MR) is 55.8 cm³/mol. The average Bonchev–Trinajstić information content (AvgIpc) is 2.26. The maximum Gasteiger partial charge on any atom is 0.114 e. The first kappa shape index (κ1) is 10.3. The summed E-state index contributed by atoms with van der Waals surface area (Å²) < 4.78 is 10.7. The molecular weight excluding hydrogens is 190 g/mol. The van der Waals surface area contributed by atoms with Crippen LogP contribution in [0.3, 0.4) is 0 Å². The Labute approximate surface area is 90.0 Å². The lowest BCUT2D eigenvalue weighted by Crippen LogP contribution is -2.52. The minimum Gasteiger partial charge on any atom is -0.497 e. The Bertz CT molecular complexity index is 353. The molecular formula is C12H15NO2. The molecule has 0 spiro atoms. The fourth-order valence-corrected chi connectivity index (χ4v) is 2.35. The summed E-state index contributed by atoms with van der Waals surface area (Å²) in [4.78, 5) is 0. The van der Waals surface area contributed by atoms with Gasteiger partial charge in [-0.15, -0.1) is 0 Å². The summed E-state index contributed by atoms with van der Waals surface area (Å²) in [5.74, 6) is 1.10. The smallest absolute Gasteiger partial charge is 0.114 e. The van der Waals surface area contributed by atoms with Crippen molar-refractivity contribution in [1.82, 2.24) is 0 Å². The molecule has 0 aromatic rings. The lowest BCUT2D eigenvalue weighted by molar-refractivity contribution is -0.0846. The van der Waals surface area contributed by atoms with Gasteiger partial charge in [0, 0.05) is 12.5 Å². The SMILES string of the molecule is CCO[C@@H]1C[C@H]2C=C(OC)C=C[C@]21C#N. The standard InChI is InChI=1S/C12H15NO2/c1-3-15-11-7-9-6-10(14-2)4-5-12(9,11)8-13/h4-6,9,11H,3,7H2,1-2H3/t9-,11-,12+/m1/s1. The van der Waals surface area contributed by atoms with Gasteiger partial charge in [-0.25, -0.2) is 0 Å². The van der Waals surface area contributed by atoms with Crippen molar-refractivity contribution in [2.75, 3.05) is 13.7 Å². The molecule has 3 heteroatoms. The van der Waals surface area contributed by atoms with Crippen molar-refractivity contribution in [2.45, 2.75) is 19.4 Å². The van der Waals surface area contributed by atoms with Crippen LogP contribution in [-0.2, 0) is 9.47 Å². The second-order valence-corrected chi connectivity index (χ2v) is 3.94. The highest BCUT2D eigenvalue weighted by Gasteiger charge is 2.55. The first-order chi connectivity index (χ1) is 7.26. The van der Waals surface area contributed by atoms with Gasteiger partial charge in [0.2, 0.25) is 0 Å². The van der Waals surface area contributed by atoms with Crippen molar-refractivity contribution in [3.63, 3.8) is 0 Å². The second kappa shape index (κ2) is 3.71. The van der Waals surface area contributed by atoms with Crippen molar-refractivity contribution >= 4 is 0 Å². The number of nitrogens with zero attached hydrogens (tertiary/aromatic N) is 1. The highest BCUT2D eigenvalue weighted by molar-refractivity contribution is 5.36. The maximum absolute atomic E-state index is 9.28. The summed E-state index contributed by atoms with van der Waals surface area (Å²) >= 11 is 0. The number of ether oxygens (including phenoxy) is 2. The van der Waals surface area contributed by atoms with E-state index < -0.39 is 5.41 Å². The number of nitriles is 1. The summed E-state index contributed by atoms with van der Waals surface area (Å²) in [7, 11) is 1.65. The molecule has 2 rings (SSSR count). The zero-order chi connectivity index (χ0) is 10.9. The van der Waals surface area contributed by atoms with E-state index in [0.29, 0.717) is 6.61 Å². The lowest BCUT2D eigenvalue weighted by Gasteiger charge is -2.49. The molecule has 0 aromatic heterocycles. The molecule has 1 saturated carbocycles. The van der Waals surface area contributed by atoms with Crippen molar-refractivity contribution in [1.29, 1.82) is 5.26 Å². The molecule has 2 aliphatic rings. The van der Waals surface area contributed by atoms with Crippen LogP contribution in [0.25, 0.3) is 0 Å². The van der Waals surface area contributed by atoms with Crippen LogP contribution in [0.4, 0.5) is 0 Å². The maximum atomic E-state index is 9.28. The Morgan fingerprint density at radius 1 is 1.67 bits per heavy atom. The molecule has 0 aromatic carbocycles. The Morgan fingerprint density at radius 3 is 3.00 bits per heavy atom. The van der Waals surface area contributed by atoms with Crippen LogP contribution < -0.4 is 0 Å². The van der Waals surface area contributed by atoms with Crippen molar-refractivity contribution in [2.24, 2.45) is 11.3 Å². The van der Waals surface area contributed by atoms with Crippen molar-refractivity contribution in [3.05, 3.63) is 24.0 Å². The van der Waals surface area contributed by atoms with E-state index in [4.69, 9.17) is 9.47 Å². The van der Waals surface area contributed by atoms with Crippen LogP contribution >= 0.6 is 0 Å². The molecule has 15 heavy (non-hydrogen) atoms. The minimum absolute atomic E-state index is 0.0448. The van der Waals surface area contributed by atoms with Gasteiger partial charge in [-0.2, -0.15) is 5.26 Å². The first-order valence-corrected chi connectivity index (χ1v) is 5.24. The minimum atomic E-state index is -0.446. The van der Waals surface area contributed by atoms with E-state index in [0.717, 1.165) is 12.2 Å². The molecule has 0 radical (unpaired) electrons. The zero-order valence-electron chi connectivity index (χ0n) is 9.06. The van der Waals surface area contributed by atoms with Gasteiger partial charge in [-0.05, 0) is 25.5 Å². The highest BCUT2D eigenvalue weighted by atomic mass is 16.5. The summed E-state index contributed by atoms with van der Waals surface area (Å²) in [6, 6.07) is 2.38. The zero-order valence-corrected chi connectivity index (χ0v) is 9.06. The van der Waals surface area contributed by atoms with Gasteiger partial charge in [-0.3, -0.25) is 0 Å². The molecule has 0 heterocycles. The van der Waals surface area contributed by atoms with E-state index >= 15 is 0 Å². The van der Waals surface area contributed by atoms with Crippen LogP contribution in [0, 0.1) is 22.7 Å². The summed E-state index contributed by atoms with van der Waals surface area (Å²) in [6.45, 7) is 2.62. The van der Waals surface area contributed by atoms with Crippen LogP contribution in [0.15, 0.2) is 24.0 Å². The predicted octanol–water partition coefficient (Wildman–Crippen LogP) is 2.02. The number of allylic oxidation sites excluding steroid dienone is 2. The molecule has 3 nitrogen and oxygen atoms in total. The van der Waals surface area contributed by atoms with Crippen molar-refractivity contribution < 1.29 is 9.47 Å². The molecule has 80 valence electrons. The summed E-state index contributed by atoms with van der Waals surface area (Å²) in [5.41, 5.74) is -0.446. The van der Waals surface area contributed by atoms with Crippen molar-refractivity contribution in [3.8, 4) is 6.07 Å². The van der Waals surface area contributed by atoms with E-state index in [2.05, 4.69) is 6.07 Å². The van der Waals surface area contributed by atoms with Gasteiger partial charge < -0.3 is 9.47 Å². The Hall–Kier alpha value is -1.27. The molecule has 0 aliphatic heterocycles. The molecule has 0 unspecified atom stereocenters. The summed E-state index contributed by atoms with van der Waals surface area (Å²) in [6.07, 6.45) is 6.78. The molecule has 0 bridgehead atoms. The third-order valence-corrected chi connectivity index (χ3v) is 3.30. The molecule has 0 N–H and O–H groups in total. The Balaban J connectivity index is 2.18. The van der Waals surface area contributed by atoms with Gasteiger partial charge in [-0.1, -0.05) is 6.08 Å². The van der Waals surface area contributed by atoms with Crippen LogP contribution in [0.1, 0.15) is 13.3 Å². The summed E-state index contributed by atoms with van der Waals surface area (Å²) in [5, 5.41) is 9.28. The van der Waals surface area contributed by atoms with E-state index in [-0.39, 0.29) is 12.0 Å². The quantitative estimate of drug-likeness (QED) is 0.708. The van der Waals surface area contributed by atoms with Crippen LogP contribution in [0.2, 0.25) is 0 Å². The van der Waals surface area contributed by atoms with E-state index in [9.17, 15) is 5.26 Å². The number of fused-ring (bicyclic) bond motifs is 1. The van der Waals surface area contributed by atoms with Gasteiger partial charge in [0.05, 0.1) is 19.3 Å². The number of hydrogen-bond acceptors (Lipinski definition) is 3. The molecule has 2 aliphatic carbocycles. The van der Waals surface area contributed by atoms with Gasteiger partial charge in [0.25, 0.3) is 0 Å². The molecule has 0 saturated heterocycles. The van der Waals surface area contributed by atoms with E-state index in [1.165, 1.54) is 0 Å². The average molecular weight is 205 g/mol. The molecule has 1 fully saturated rings. The number of methoxy groups -OCH3 is 1.